The molecule has 0 bridgehead atoms. The van der Waals surface area contributed by atoms with Crippen molar-refractivity contribution in [1.82, 2.24) is 19.6 Å². The molecule has 1 N–H and O–H groups in total. The number of aromatic nitrogens is 4. The number of hydrogen-bond acceptors (Lipinski definition) is 4. The molecule has 32 heavy (non-hydrogen) atoms. The Bertz CT molecular complexity index is 1300. The molecule has 3 heterocycles. The van der Waals surface area contributed by atoms with Gasteiger partial charge in [-0.1, -0.05) is 72.8 Å². The second-order valence-corrected chi connectivity index (χ2v) is 8.35. The van der Waals surface area contributed by atoms with Crippen molar-refractivity contribution in [2.24, 2.45) is 0 Å². The van der Waals surface area contributed by atoms with Gasteiger partial charge >= 0.3 is 0 Å². The fourth-order valence-corrected chi connectivity index (χ4v) is 4.95. The molecule has 3 aromatic carbocycles. The van der Waals surface area contributed by atoms with E-state index in [0.29, 0.717) is 6.04 Å². The molecule has 0 spiro atoms. The number of hydrogen-bond donors (Lipinski definition) is 1. The van der Waals surface area contributed by atoms with Crippen LogP contribution in [0.4, 0.5) is 5.82 Å². The molecule has 1 saturated heterocycles. The largest absolute Gasteiger partial charge is 0.342 e. The first-order valence-corrected chi connectivity index (χ1v) is 11.2. The highest BCUT2D eigenvalue weighted by atomic mass is 15.3. The zero-order valence-corrected chi connectivity index (χ0v) is 17.8. The summed E-state index contributed by atoms with van der Waals surface area (Å²) in [6.07, 6.45) is 1.78. The maximum Gasteiger partial charge on any atom is 0.204 e. The normalized spacial score (nSPS) is 15.1. The lowest BCUT2D eigenvalue weighted by Gasteiger charge is -2.37. The number of nitrogens with one attached hydrogen (secondary N) is 1. The van der Waals surface area contributed by atoms with Gasteiger partial charge < -0.3 is 9.80 Å². The van der Waals surface area contributed by atoms with Crippen LogP contribution in [0.3, 0.4) is 0 Å². The molecular weight excluding hydrogens is 396 g/mol. The van der Waals surface area contributed by atoms with Gasteiger partial charge in [0.25, 0.3) is 0 Å². The second kappa shape index (κ2) is 8.05. The first-order valence-electron chi connectivity index (χ1n) is 11.2. The number of nitrogens with zero attached hydrogens (tertiary/aromatic N) is 5. The Morgan fingerprint density at radius 3 is 2.06 bits per heavy atom. The highest BCUT2D eigenvalue weighted by Crippen LogP contribution is 2.24. The molecule has 1 aliphatic heterocycles. The Hall–Kier alpha value is -3.77. The molecule has 1 aliphatic rings. The van der Waals surface area contributed by atoms with Crippen LogP contribution in [0.25, 0.3) is 16.7 Å². The Balaban J connectivity index is 1.31. The summed E-state index contributed by atoms with van der Waals surface area (Å²) in [5.74, 6) is 0.927. The summed E-state index contributed by atoms with van der Waals surface area (Å²) in [5.41, 5.74) is 5.57. The van der Waals surface area contributed by atoms with Gasteiger partial charge in [0.1, 0.15) is 12.4 Å². The van der Waals surface area contributed by atoms with Gasteiger partial charge in [0.15, 0.2) is 5.82 Å². The highest BCUT2D eigenvalue weighted by Gasteiger charge is 2.31. The van der Waals surface area contributed by atoms with E-state index in [9.17, 15) is 0 Å². The minimum absolute atomic E-state index is 0.331. The zero-order chi connectivity index (χ0) is 21.3. The number of fused-ring (bicyclic) bond motifs is 3. The van der Waals surface area contributed by atoms with Crippen LogP contribution >= 0.6 is 0 Å². The smallest absolute Gasteiger partial charge is 0.204 e. The maximum atomic E-state index is 4.98. The summed E-state index contributed by atoms with van der Waals surface area (Å²) >= 11 is 0. The Labute approximate surface area is 186 Å². The molecule has 158 valence electrons. The number of rotatable bonds is 4. The lowest BCUT2D eigenvalue weighted by atomic mass is 9.96. The molecule has 0 aliphatic carbocycles. The quantitative estimate of drug-likeness (QED) is 0.485. The van der Waals surface area contributed by atoms with E-state index in [1.54, 1.807) is 11.2 Å². The number of anilines is 1. The van der Waals surface area contributed by atoms with Gasteiger partial charge in [0.2, 0.25) is 5.65 Å². The third-order valence-corrected chi connectivity index (χ3v) is 6.49. The molecule has 6 heteroatoms. The average molecular weight is 422 g/mol. The molecule has 0 radical (unpaired) electrons. The minimum Gasteiger partial charge on any atom is -0.342 e. The van der Waals surface area contributed by atoms with Crippen molar-refractivity contribution in [1.29, 1.82) is 0 Å². The van der Waals surface area contributed by atoms with E-state index in [-0.39, 0.29) is 0 Å². The SMILES string of the molecule is c1ccc(C(c2ccccc2)[NH+]2CCN(c3nc4ccccc4n4cnnc34)CC2)cc1. The predicted octanol–water partition coefficient (Wildman–Crippen LogP) is 2.77. The second-order valence-electron chi connectivity index (χ2n) is 8.35. The van der Waals surface area contributed by atoms with Crippen molar-refractivity contribution in [3.05, 3.63) is 102 Å². The molecular formula is C26H25N6+. The molecule has 0 atom stereocenters. The lowest BCUT2D eigenvalue weighted by Crippen LogP contribution is -3.15. The van der Waals surface area contributed by atoms with Gasteiger partial charge in [-0.2, -0.15) is 0 Å². The number of piperazine rings is 1. The van der Waals surface area contributed by atoms with Gasteiger partial charge in [-0.15, -0.1) is 10.2 Å². The zero-order valence-electron chi connectivity index (χ0n) is 17.8. The topological polar surface area (TPSA) is 50.8 Å². The van der Waals surface area contributed by atoms with Gasteiger partial charge in [-0.3, -0.25) is 4.40 Å². The first kappa shape index (κ1) is 19.0. The summed E-state index contributed by atoms with van der Waals surface area (Å²) in [5, 5.41) is 8.57. The highest BCUT2D eigenvalue weighted by molar-refractivity contribution is 5.82. The first-order chi connectivity index (χ1) is 15.9. The van der Waals surface area contributed by atoms with Crippen LogP contribution in [0.5, 0.6) is 0 Å². The van der Waals surface area contributed by atoms with Gasteiger partial charge in [0.05, 0.1) is 37.2 Å². The molecule has 0 saturated carbocycles. The third-order valence-electron chi connectivity index (χ3n) is 6.49. The summed E-state index contributed by atoms with van der Waals surface area (Å²) in [6.45, 7) is 3.92. The van der Waals surface area contributed by atoms with Crippen LogP contribution in [0, 0.1) is 0 Å². The number of benzene rings is 3. The third kappa shape index (κ3) is 3.29. The van der Waals surface area contributed by atoms with Crippen molar-refractivity contribution in [3.8, 4) is 0 Å². The molecule has 0 unspecified atom stereocenters. The fraction of sp³-hybridized carbons (Fsp3) is 0.192. The minimum atomic E-state index is 0.331. The monoisotopic (exact) mass is 421 g/mol. The van der Waals surface area contributed by atoms with E-state index < -0.39 is 0 Å². The summed E-state index contributed by atoms with van der Waals surface area (Å²) in [4.78, 5) is 8.93. The summed E-state index contributed by atoms with van der Waals surface area (Å²) in [6, 6.07) is 30.3. The van der Waals surface area contributed by atoms with Crippen molar-refractivity contribution in [2.45, 2.75) is 6.04 Å². The maximum absolute atomic E-state index is 4.98. The van der Waals surface area contributed by atoms with Crippen LogP contribution < -0.4 is 9.80 Å². The molecule has 6 nitrogen and oxygen atoms in total. The van der Waals surface area contributed by atoms with E-state index in [1.807, 2.05) is 16.5 Å². The van der Waals surface area contributed by atoms with Crippen LogP contribution in [0.1, 0.15) is 17.2 Å². The van der Waals surface area contributed by atoms with Gasteiger partial charge in [0, 0.05) is 11.1 Å². The van der Waals surface area contributed by atoms with E-state index >= 15 is 0 Å². The van der Waals surface area contributed by atoms with Crippen molar-refractivity contribution >= 4 is 22.5 Å². The number of quaternary nitrogens is 1. The van der Waals surface area contributed by atoms with Crippen molar-refractivity contribution < 1.29 is 4.90 Å². The van der Waals surface area contributed by atoms with Crippen LogP contribution in [0.2, 0.25) is 0 Å². The molecule has 5 aromatic rings. The van der Waals surface area contributed by atoms with Crippen molar-refractivity contribution in [3.63, 3.8) is 0 Å². The fourth-order valence-electron chi connectivity index (χ4n) is 4.95. The van der Waals surface area contributed by atoms with Crippen LogP contribution in [-0.4, -0.2) is 45.8 Å². The van der Waals surface area contributed by atoms with Crippen molar-refractivity contribution in [2.75, 3.05) is 31.1 Å². The van der Waals surface area contributed by atoms with E-state index in [0.717, 1.165) is 48.7 Å². The molecule has 1 fully saturated rings. The Morgan fingerprint density at radius 1 is 0.750 bits per heavy atom. The van der Waals surface area contributed by atoms with Crippen LogP contribution in [0.15, 0.2) is 91.3 Å². The van der Waals surface area contributed by atoms with Crippen LogP contribution in [-0.2, 0) is 0 Å². The molecule has 0 amide bonds. The average Bonchev–Trinajstić information content (AvgIpc) is 3.36. The van der Waals surface area contributed by atoms with E-state index in [2.05, 4.69) is 87.9 Å². The molecule has 2 aromatic heterocycles. The summed E-state index contributed by atoms with van der Waals surface area (Å²) < 4.78 is 2.05. The lowest BCUT2D eigenvalue weighted by molar-refractivity contribution is -0.926. The number of para-hydroxylation sites is 2. The predicted molar refractivity (Wildman–Crippen MR) is 126 cm³/mol. The Morgan fingerprint density at radius 2 is 1.38 bits per heavy atom. The Kier molecular flexibility index (Phi) is 4.77. The van der Waals surface area contributed by atoms with E-state index in [1.165, 1.54) is 11.1 Å². The standard InChI is InChI=1S/C26H24N6/c1-3-9-20(10-4-1)24(21-11-5-2-6-12-21)30-15-17-31(18-16-30)25-26-29-27-19-32(26)23-14-8-7-13-22(23)28-25/h1-14,19,24H,15-18H2/p+1. The van der Waals surface area contributed by atoms with Gasteiger partial charge in [-0.25, -0.2) is 4.98 Å². The molecule has 6 rings (SSSR count). The van der Waals surface area contributed by atoms with E-state index in [4.69, 9.17) is 4.98 Å². The van der Waals surface area contributed by atoms with Gasteiger partial charge in [-0.05, 0) is 12.1 Å². The summed E-state index contributed by atoms with van der Waals surface area (Å²) in [7, 11) is 0.